The summed E-state index contributed by atoms with van der Waals surface area (Å²) in [7, 11) is 0. The number of para-hydroxylation sites is 1. The second-order valence-corrected chi connectivity index (χ2v) is 3.53. The van der Waals surface area contributed by atoms with Crippen molar-refractivity contribution >= 4 is 0 Å². The van der Waals surface area contributed by atoms with Gasteiger partial charge in [-0.05, 0) is 36.2 Å². The van der Waals surface area contributed by atoms with Crippen molar-refractivity contribution in [1.82, 2.24) is 0 Å². The third kappa shape index (κ3) is 2.40. The van der Waals surface area contributed by atoms with Crippen LogP contribution in [0.25, 0.3) is 0 Å². The standard InChI is InChI=1S/C14H13FO/c1-2-11-7-9-12(10-8-11)16-14-6-4-3-5-13(14)15/h3-10H,2H2,1H3. The second-order valence-electron chi connectivity index (χ2n) is 3.53. The fourth-order valence-corrected chi connectivity index (χ4v) is 1.45. The smallest absolute Gasteiger partial charge is 0.165 e. The van der Waals surface area contributed by atoms with Crippen molar-refractivity contribution in [1.29, 1.82) is 0 Å². The van der Waals surface area contributed by atoms with E-state index in [1.165, 1.54) is 11.6 Å². The van der Waals surface area contributed by atoms with Gasteiger partial charge in [0.25, 0.3) is 0 Å². The minimum atomic E-state index is -0.345. The fraction of sp³-hybridized carbons (Fsp3) is 0.143. The zero-order valence-electron chi connectivity index (χ0n) is 9.11. The van der Waals surface area contributed by atoms with E-state index in [2.05, 4.69) is 6.92 Å². The first kappa shape index (κ1) is 10.7. The van der Waals surface area contributed by atoms with Crippen LogP contribution in [0.15, 0.2) is 48.5 Å². The van der Waals surface area contributed by atoms with Crippen molar-refractivity contribution < 1.29 is 9.13 Å². The summed E-state index contributed by atoms with van der Waals surface area (Å²) in [6.45, 7) is 2.09. The Kier molecular flexibility index (Phi) is 3.20. The maximum Gasteiger partial charge on any atom is 0.165 e. The van der Waals surface area contributed by atoms with Gasteiger partial charge < -0.3 is 4.74 Å². The quantitative estimate of drug-likeness (QED) is 0.747. The first-order valence-electron chi connectivity index (χ1n) is 5.31. The number of benzene rings is 2. The molecule has 16 heavy (non-hydrogen) atoms. The highest BCUT2D eigenvalue weighted by molar-refractivity contribution is 5.33. The molecule has 2 rings (SSSR count). The third-order valence-electron chi connectivity index (χ3n) is 2.40. The molecule has 0 aliphatic rings. The zero-order valence-corrected chi connectivity index (χ0v) is 9.11. The fourth-order valence-electron chi connectivity index (χ4n) is 1.45. The minimum Gasteiger partial charge on any atom is -0.454 e. The summed E-state index contributed by atoms with van der Waals surface area (Å²) < 4.78 is 18.7. The molecule has 2 heteroatoms. The molecule has 0 fully saturated rings. The average molecular weight is 216 g/mol. The minimum absolute atomic E-state index is 0.256. The Hall–Kier alpha value is -1.83. The lowest BCUT2D eigenvalue weighted by Gasteiger charge is -2.06. The van der Waals surface area contributed by atoms with Gasteiger partial charge in [0.2, 0.25) is 0 Å². The molecule has 0 N–H and O–H groups in total. The van der Waals surface area contributed by atoms with Gasteiger partial charge in [0.1, 0.15) is 5.75 Å². The predicted molar refractivity (Wildman–Crippen MR) is 62.3 cm³/mol. The molecule has 0 atom stereocenters. The van der Waals surface area contributed by atoms with Crippen LogP contribution in [0.4, 0.5) is 4.39 Å². The number of hydrogen-bond donors (Lipinski definition) is 0. The molecule has 0 aliphatic heterocycles. The molecular weight excluding hydrogens is 203 g/mol. The number of ether oxygens (including phenoxy) is 1. The monoisotopic (exact) mass is 216 g/mol. The van der Waals surface area contributed by atoms with Crippen molar-refractivity contribution in [2.75, 3.05) is 0 Å². The lowest BCUT2D eigenvalue weighted by Crippen LogP contribution is -1.88. The van der Waals surface area contributed by atoms with Gasteiger partial charge >= 0.3 is 0 Å². The molecule has 2 aromatic carbocycles. The Morgan fingerprint density at radius 3 is 2.31 bits per heavy atom. The van der Waals surface area contributed by atoms with Crippen molar-refractivity contribution in [2.45, 2.75) is 13.3 Å². The highest BCUT2D eigenvalue weighted by atomic mass is 19.1. The summed E-state index contributed by atoms with van der Waals surface area (Å²) in [6, 6.07) is 14.1. The number of aryl methyl sites for hydroxylation is 1. The molecule has 0 heterocycles. The normalized spacial score (nSPS) is 10.1. The molecule has 2 aromatic rings. The van der Waals surface area contributed by atoms with Crippen LogP contribution in [-0.2, 0) is 6.42 Å². The largest absolute Gasteiger partial charge is 0.454 e. The number of rotatable bonds is 3. The van der Waals surface area contributed by atoms with Crippen molar-refractivity contribution in [3.8, 4) is 11.5 Å². The molecule has 0 aromatic heterocycles. The van der Waals surface area contributed by atoms with Gasteiger partial charge in [-0.25, -0.2) is 4.39 Å². The molecule has 0 amide bonds. The topological polar surface area (TPSA) is 9.23 Å². The molecule has 0 aliphatic carbocycles. The van der Waals surface area contributed by atoms with Crippen molar-refractivity contribution in [3.63, 3.8) is 0 Å². The summed E-state index contributed by atoms with van der Waals surface area (Å²) in [4.78, 5) is 0. The Morgan fingerprint density at radius 1 is 1.00 bits per heavy atom. The van der Waals surface area contributed by atoms with E-state index in [1.807, 2.05) is 24.3 Å². The first-order valence-corrected chi connectivity index (χ1v) is 5.31. The molecule has 82 valence electrons. The number of hydrogen-bond acceptors (Lipinski definition) is 1. The van der Waals surface area contributed by atoms with E-state index in [0.717, 1.165) is 6.42 Å². The predicted octanol–water partition coefficient (Wildman–Crippen LogP) is 4.18. The van der Waals surface area contributed by atoms with Gasteiger partial charge in [-0.1, -0.05) is 31.2 Å². The summed E-state index contributed by atoms with van der Waals surface area (Å²) in [5, 5.41) is 0. The van der Waals surface area contributed by atoms with Crippen LogP contribution in [-0.4, -0.2) is 0 Å². The van der Waals surface area contributed by atoms with E-state index in [9.17, 15) is 4.39 Å². The van der Waals surface area contributed by atoms with Crippen LogP contribution < -0.4 is 4.74 Å². The highest BCUT2D eigenvalue weighted by Gasteiger charge is 2.02. The van der Waals surface area contributed by atoms with Gasteiger partial charge in [0.05, 0.1) is 0 Å². The first-order chi connectivity index (χ1) is 7.79. The van der Waals surface area contributed by atoms with E-state index in [-0.39, 0.29) is 11.6 Å². The van der Waals surface area contributed by atoms with Gasteiger partial charge in [0, 0.05) is 0 Å². The molecule has 0 saturated carbocycles. The van der Waals surface area contributed by atoms with Crippen LogP contribution in [0, 0.1) is 5.82 Å². The summed E-state index contributed by atoms with van der Waals surface area (Å²) >= 11 is 0. The van der Waals surface area contributed by atoms with Gasteiger partial charge in [-0.15, -0.1) is 0 Å². The second kappa shape index (κ2) is 4.79. The Bertz CT molecular complexity index is 462. The Balaban J connectivity index is 2.18. The molecule has 1 nitrogen and oxygen atoms in total. The van der Waals surface area contributed by atoms with Crippen LogP contribution in [0.1, 0.15) is 12.5 Å². The van der Waals surface area contributed by atoms with Crippen LogP contribution >= 0.6 is 0 Å². The molecule has 0 unspecified atom stereocenters. The highest BCUT2D eigenvalue weighted by Crippen LogP contribution is 2.24. The van der Waals surface area contributed by atoms with Crippen LogP contribution in [0.3, 0.4) is 0 Å². The molecule has 0 radical (unpaired) electrons. The van der Waals surface area contributed by atoms with E-state index >= 15 is 0 Å². The van der Waals surface area contributed by atoms with E-state index < -0.39 is 0 Å². The van der Waals surface area contributed by atoms with Crippen LogP contribution in [0.5, 0.6) is 11.5 Å². The van der Waals surface area contributed by atoms with Gasteiger partial charge in [0.15, 0.2) is 11.6 Å². The molecule has 0 bridgehead atoms. The van der Waals surface area contributed by atoms with Gasteiger partial charge in [-0.3, -0.25) is 0 Å². The number of halogens is 1. The lowest BCUT2D eigenvalue weighted by atomic mass is 10.2. The Labute approximate surface area is 94.5 Å². The van der Waals surface area contributed by atoms with E-state index in [0.29, 0.717) is 5.75 Å². The van der Waals surface area contributed by atoms with E-state index in [4.69, 9.17) is 4.74 Å². The summed E-state index contributed by atoms with van der Waals surface area (Å²) in [6.07, 6.45) is 0.986. The maximum atomic E-state index is 13.3. The van der Waals surface area contributed by atoms with Crippen LogP contribution in [0.2, 0.25) is 0 Å². The lowest BCUT2D eigenvalue weighted by molar-refractivity contribution is 0.442. The van der Waals surface area contributed by atoms with Gasteiger partial charge in [-0.2, -0.15) is 0 Å². The van der Waals surface area contributed by atoms with E-state index in [1.54, 1.807) is 18.2 Å². The SMILES string of the molecule is CCc1ccc(Oc2ccccc2F)cc1. The molecular formula is C14H13FO. The Morgan fingerprint density at radius 2 is 1.69 bits per heavy atom. The maximum absolute atomic E-state index is 13.3. The zero-order chi connectivity index (χ0) is 11.4. The summed E-state index contributed by atoms with van der Waals surface area (Å²) in [5.41, 5.74) is 1.24. The molecule has 0 saturated heterocycles. The summed E-state index contributed by atoms with van der Waals surface area (Å²) in [5.74, 6) is 0.566. The molecule has 0 spiro atoms. The van der Waals surface area contributed by atoms with Crippen molar-refractivity contribution in [2.24, 2.45) is 0 Å². The van der Waals surface area contributed by atoms with Crippen molar-refractivity contribution in [3.05, 3.63) is 59.9 Å². The average Bonchev–Trinajstić information content (AvgIpc) is 2.33. The third-order valence-corrected chi connectivity index (χ3v) is 2.40.